The highest BCUT2D eigenvalue weighted by Crippen LogP contribution is 2.19. The zero-order valence-corrected chi connectivity index (χ0v) is 25.1. The molecular weight excluding hydrogens is 554 g/mol. The molecule has 0 unspecified atom stereocenters. The standard InChI is InChI=1S/C8H10N6.C7H8N4.C7H8N2O.C2H6N2.CH5N3/c1-3-5-6(9)13-8(10)14-7(5)12-4(2)11-3;1-4-6(3-8)7(9)11-5(2)10-4;1-3-10-6(2)7(4-8)5-9;1-2(3)4;2-1(3)4/h1-2H3,(H4,9,10,11,12,13,14);1-2H3,(H2,9,10,11);3H2,1-2H3;1H3,(H3,3,4);(H5,2,3,4). The Labute approximate surface area is 249 Å². The lowest BCUT2D eigenvalue weighted by atomic mass is 10.2. The van der Waals surface area contributed by atoms with Crippen LogP contribution in [0.15, 0.2) is 11.3 Å². The lowest BCUT2D eigenvalue weighted by Crippen LogP contribution is -2.20. The normalized spacial score (nSPS) is 8.65. The van der Waals surface area contributed by atoms with Crippen LogP contribution in [-0.2, 0) is 4.74 Å². The van der Waals surface area contributed by atoms with E-state index in [1.54, 1.807) is 46.8 Å². The topological polar surface area (TPSA) is 362 Å². The number of amidine groups is 1. The molecule has 0 aromatic carbocycles. The second-order valence-corrected chi connectivity index (χ2v) is 7.98. The van der Waals surface area contributed by atoms with Gasteiger partial charge in [-0.15, -0.1) is 0 Å². The van der Waals surface area contributed by atoms with Gasteiger partial charge in [0.15, 0.2) is 17.2 Å². The summed E-state index contributed by atoms with van der Waals surface area (Å²) in [7, 11) is 0. The lowest BCUT2D eigenvalue weighted by Gasteiger charge is -2.04. The quantitative estimate of drug-likeness (QED) is 0.0886. The SMILES string of the molecule is CC(=N)N.CCOC(C)=C(C#N)C#N.Cc1nc(C)c(C#N)c(N)n1.Cc1nc(C)c2c(N)nc(N)nc2n1.N=C(N)N. The first-order chi connectivity index (χ1) is 19.9. The van der Waals surface area contributed by atoms with Crippen LogP contribution >= 0.6 is 0 Å². The van der Waals surface area contributed by atoms with E-state index in [1.807, 2.05) is 13.0 Å². The van der Waals surface area contributed by atoms with Gasteiger partial charge in [-0.05, 0) is 48.5 Å². The van der Waals surface area contributed by atoms with Gasteiger partial charge < -0.3 is 39.1 Å². The molecule has 0 bridgehead atoms. The van der Waals surface area contributed by atoms with E-state index in [4.69, 9.17) is 54.3 Å². The summed E-state index contributed by atoms with van der Waals surface area (Å²) in [5.74, 6) is 2.19. The number of guanidine groups is 1. The van der Waals surface area contributed by atoms with Gasteiger partial charge in [-0.25, -0.2) is 19.9 Å². The van der Waals surface area contributed by atoms with Crippen LogP contribution in [-0.4, -0.2) is 48.3 Å². The van der Waals surface area contributed by atoms with Crippen molar-refractivity contribution in [3.05, 3.63) is 39.9 Å². The first kappa shape index (κ1) is 38.8. The minimum absolute atomic E-state index is 0.0434. The molecule has 3 heterocycles. The van der Waals surface area contributed by atoms with Crippen molar-refractivity contribution in [1.29, 1.82) is 26.6 Å². The first-order valence-corrected chi connectivity index (χ1v) is 12.0. The highest BCUT2D eigenvalue weighted by molar-refractivity contribution is 5.88. The fraction of sp³-hybridized carbons (Fsp3) is 0.320. The number of rotatable bonds is 2. The smallest absolute Gasteiger partial charge is 0.224 e. The molecule has 0 aliphatic carbocycles. The van der Waals surface area contributed by atoms with E-state index in [2.05, 4.69) is 41.4 Å². The number of nitrogens with one attached hydrogen (secondary N) is 2. The number of allylic oxidation sites excluding steroid dienone is 2. The summed E-state index contributed by atoms with van der Waals surface area (Å²) in [5.41, 5.74) is 32.6. The van der Waals surface area contributed by atoms with E-state index in [9.17, 15) is 0 Å². The molecule has 18 nitrogen and oxygen atoms in total. The maximum absolute atomic E-state index is 8.58. The number of hydrogen-bond acceptors (Lipinski definition) is 15. The minimum atomic E-state index is -0.333. The lowest BCUT2D eigenvalue weighted by molar-refractivity contribution is 0.230. The number of nitriles is 3. The third-order valence-corrected chi connectivity index (χ3v) is 4.17. The van der Waals surface area contributed by atoms with E-state index in [1.165, 1.54) is 6.92 Å². The Hall–Kier alpha value is -6.35. The molecule has 0 saturated heterocycles. The van der Waals surface area contributed by atoms with Gasteiger partial charge in [-0.2, -0.15) is 25.8 Å². The van der Waals surface area contributed by atoms with Crippen molar-refractivity contribution >= 4 is 40.4 Å². The Bertz CT molecular complexity index is 1470. The van der Waals surface area contributed by atoms with Crippen LogP contribution < -0.4 is 34.4 Å². The van der Waals surface area contributed by atoms with Gasteiger partial charge in [0.2, 0.25) is 5.95 Å². The second kappa shape index (κ2) is 19.7. The first-order valence-electron chi connectivity index (χ1n) is 12.0. The molecule has 14 N–H and O–H groups in total. The summed E-state index contributed by atoms with van der Waals surface area (Å²) in [4.78, 5) is 24.0. The largest absolute Gasteiger partial charge is 0.496 e. The number of aromatic nitrogens is 6. The monoisotopic (exact) mass is 591 g/mol. The fourth-order valence-corrected chi connectivity index (χ4v) is 2.74. The summed E-state index contributed by atoms with van der Waals surface area (Å²) in [6, 6.07) is 5.40. The summed E-state index contributed by atoms with van der Waals surface area (Å²) in [6.07, 6.45) is 0. The Morgan fingerprint density at radius 2 is 1.23 bits per heavy atom. The predicted molar refractivity (Wildman–Crippen MR) is 163 cm³/mol. The molecule has 0 amide bonds. The Morgan fingerprint density at radius 3 is 1.65 bits per heavy atom. The minimum Gasteiger partial charge on any atom is -0.496 e. The molecule has 0 aliphatic heterocycles. The van der Waals surface area contributed by atoms with Crippen LogP contribution in [0, 0.1) is 72.5 Å². The molecule has 0 saturated carbocycles. The Morgan fingerprint density at radius 1 is 0.767 bits per heavy atom. The third-order valence-electron chi connectivity index (χ3n) is 4.17. The summed E-state index contributed by atoms with van der Waals surface area (Å²) < 4.78 is 4.92. The Balaban J connectivity index is 0. The number of nitrogen functional groups attached to an aromatic ring is 3. The maximum atomic E-state index is 8.58. The molecule has 3 aromatic heterocycles. The fourth-order valence-electron chi connectivity index (χ4n) is 2.74. The number of anilines is 3. The number of nitrogens with two attached hydrogens (primary N) is 6. The molecular formula is C25H37N17O. The van der Waals surface area contributed by atoms with Gasteiger partial charge in [0, 0.05) is 0 Å². The van der Waals surface area contributed by atoms with Crippen molar-refractivity contribution in [2.75, 3.05) is 23.8 Å². The number of ether oxygens (including phenoxy) is 1. The van der Waals surface area contributed by atoms with Crippen molar-refractivity contribution in [3.63, 3.8) is 0 Å². The molecule has 228 valence electrons. The molecule has 0 atom stereocenters. The van der Waals surface area contributed by atoms with E-state index >= 15 is 0 Å². The number of aryl methyl sites for hydroxylation is 4. The predicted octanol–water partition coefficient (Wildman–Crippen LogP) is 0.873. The van der Waals surface area contributed by atoms with Crippen LogP contribution in [0.4, 0.5) is 17.6 Å². The van der Waals surface area contributed by atoms with Crippen LogP contribution in [0.25, 0.3) is 11.0 Å². The Kier molecular flexibility index (Phi) is 17.7. The zero-order chi connectivity index (χ0) is 33.9. The van der Waals surface area contributed by atoms with Gasteiger partial charge >= 0.3 is 0 Å². The van der Waals surface area contributed by atoms with Crippen LogP contribution in [0.2, 0.25) is 0 Å². The molecule has 3 rings (SSSR count). The van der Waals surface area contributed by atoms with Crippen molar-refractivity contribution in [3.8, 4) is 18.2 Å². The zero-order valence-electron chi connectivity index (χ0n) is 25.1. The summed E-state index contributed by atoms with van der Waals surface area (Å²) in [6.45, 7) is 12.5. The highest BCUT2D eigenvalue weighted by atomic mass is 16.5. The molecule has 3 aromatic rings. The van der Waals surface area contributed by atoms with E-state index < -0.39 is 0 Å². The molecule has 0 spiro atoms. The van der Waals surface area contributed by atoms with Crippen molar-refractivity contribution in [2.45, 2.75) is 48.5 Å². The van der Waals surface area contributed by atoms with Crippen molar-refractivity contribution in [2.24, 2.45) is 17.2 Å². The highest BCUT2D eigenvalue weighted by Gasteiger charge is 2.09. The van der Waals surface area contributed by atoms with Gasteiger partial charge in [0.05, 0.1) is 29.2 Å². The van der Waals surface area contributed by atoms with E-state index in [0.717, 1.165) is 5.69 Å². The summed E-state index contributed by atoms with van der Waals surface area (Å²) >= 11 is 0. The molecule has 18 heteroatoms. The molecule has 0 fully saturated rings. The number of fused-ring (bicyclic) bond motifs is 1. The van der Waals surface area contributed by atoms with Crippen LogP contribution in [0.3, 0.4) is 0 Å². The second-order valence-electron chi connectivity index (χ2n) is 7.98. The number of nitrogens with zero attached hydrogens (tertiary/aromatic N) is 9. The van der Waals surface area contributed by atoms with Gasteiger partial charge in [0.25, 0.3) is 0 Å². The van der Waals surface area contributed by atoms with Gasteiger partial charge in [-0.1, -0.05) is 0 Å². The van der Waals surface area contributed by atoms with Gasteiger partial charge in [0.1, 0.15) is 52.8 Å². The van der Waals surface area contributed by atoms with E-state index in [-0.39, 0.29) is 29.1 Å². The van der Waals surface area contributed by atoms with Crippen molar-refractivity contribution in [1.82, 2.24) is 29.9 Å². The summed E-state index contributed by atoms with van der Waals surface area (Å²) in [5, 5.41) is 38.2. The number of hydrogen-bond donors (Lipinski definition) is 8. The molecule has 43 heavy (non-hydrogen) atoms. The van der Waals surface area contributed by atoms with Crippen LogP contribution in [0.5, 0.6) is 0 Å². The molecule has 0 aliphatic rings. The average molecular weight is 592 g/mol. The van der Waals surface area contributed by atoms with Crippen molar-refractivity contribution < 1.29 is 4.74 Å². The van der Waals surface area contributed by atoms with Gasteiger partial charge in [-0.3, -0.25) is 10.8 Å². The maximum Gasteiger partial charge on any atom is 0.224 e. The molecule has 0 radical (unpaired) electrons. The third kappa shape index (κ3) is 15.7. The van der Waals surface area contributed by atoms with Crippen LogP contribution in [0.1, 0.15) is 49.4 Å². The average Bonchev–Trinajstić information content (AvgIpc) is 2.84. The van der Waals surface area contributed by atoms with E-state index in [0.29, 0.717) is 52.1 Å².